The van der Waals surface area contributed by atoms with Gasteiger partial charge in [0.15, 0.2) is 0 Å². The van der Waals surface area contributed by atoms with Crippen molar-refractivity contribution in [1.29, 1.82) is 0 Å². The number of hydrogen-bond donors (Lipinski definition) is 0. The first-order valence-corrected chi connectivity index (χ1v) is 6.14. The molecule has 0 saturated carbocycles. The summed E-state index contributed by atoms with van der Waals surface area (Å²) in [4.78, 5) is 14.3. The fourth-order valence-corrected chi connectivity index (χ4v) is 2.20. The van der Waals surface area contributed by atoms with Gasteiger partial charge < -0.3 is 9.64 Å². The Balaban J connectivity index is 2.14. The second-order valence-electron chi connectivity index (χ2n) is 4.68. The summed E-state index contributed by atoms with van der Waals surface area (Å²) in [7, 11) is 1.60. The number of methoxy groups -OCH3 is 1. The lowest BCUT2D eigenvalue weighted by Gasteiger charge is -2.30. The van der Waals surface area contributed by atoms with Gasteiger partial charge in [0.25, 0.3) is 5.91 Å². The van der Waals surface area contributed by atoms with Crippen LogP contribution in [-0.4, -0.2) is 31.0 Å². The highest BCUT2D eigenvalue weighted by Crippen LogP contribution is 2.23. The molecule has 0 atom stereocenters. The third kappa shape index (κ3) is 2.60. The standard InChI is InChI=1S/C14H19NO2/c1-11-7-9-15(10-8-11)14(16)12-5-3-4-6-13(12)17-2/h3-6,11H,7-10H2,1-2H3. The summed E-state index contributed by atoms with van der Waals surface area (Å²) in [6.45, 7) is 3.96. The van der Waals surface area contributed by atoms with Gasteiger partial charge in [0, 0.05) is 13.1 Å². The van der Waals surface area contributed by atoms with E-state index in [9.17, 15) is 4.79 Å². The number of ether oxygens (including phenoxy) is 1. The molecule has 0 aliphatic carbocycles. The van der Waals surface area contributed by atoms with Crippen molar-refractivity contribution in [2.45, 2.75) is 19.8 Å². The van der Waals surface area contributed by atoms with E-state index in [1.54, 1.807) is 7.11 Å². The van der Waals surface area contributed by atoms with Crippen LogP contribution in [0, 0.1) is 5.92 Å². The molecule has 0 aromatic heterocycles. The van der Waals surface area contributed by atoms with Crippen molar-refractivity contribution in [3.05, 3.63) is 29.8 Å². The normalized spacial score (nSPS) is 16.9. The average molecular weight is 233 g/mol. The summed E-state index contributed by atoms with van der Waals surface area (Å²) in [5.41, 5.74) is 0.671. The summed E-state index contributed by atoms with van der Waals surface area (Å²) in [6.07, 6.45) is 2.20. The van der Waals surface area contributed by atoms with Crippen LogP contribution < -0.4 is 4.74 Å². The molecule has 1 aromatic rings. The van der Waals surface area contributed by atoms with Gasteiger partial charge in [0.05, 0.1) is 12.7 Å². The van der Waals surface area contributed by atoms with E-state index in [1.807, 2.05) is 29.2 Å². The first-order valence-electron chi connectivity index (χ1n) is 6.14. The first kappa shape index (κ1) is 12.0. The van der Waals surface area contributed by atoms with Crippen LogP contribution in [0.4, 0.5) is 0 Å². The molecule has 1 aromatic carbocycles. The lowest BCUT2D eigenvalue weighted by atomic mass is 9.98. The number of rotatable bonds is 2. The molecule has 1 fully saturated rings. The van der Waals surface area contributed by atoms with E-state index >= 15 is 0 Å². The Hall–Kier alpha value is -1.51. The highest BCUT2D eigenvalue weighted by molar-refractivity contribution is 5.97. The molecule has 0 radical (unpaired) electrons. The van der Waals surface area contributed by atoms with Crippen LogP contribution in [0.1, 0.15) is 30.1 Å². The smallest absolute Gasteiger partial charge is 0.257 e. The van der Waals surface area contributed by atoms with Crippen LogP contribution in [0.25, 0.3) is 0 Å². The monoisotopic (exact) mass is 233 g/mol. The summed E-state index contributed by atoms with van der Waals surface area (Å²) < 4.78 is 5.23. The fourth-order valence-electron chi connectivity index (χ4n) is 2.20. The van der Waals surface area contributed by atoms with Crippen molar-refractivity contribution in [3.63, 3.8) is 0 Å². The number of para-hydroxylation sites is 1. The third-order valence-corrected chi connectivity index (χ3v) is 3.41. The van der Waals surface area contributed by atoms with Gasteiger partial charge >= 0.3 is 0 Å². The molecule has 0 bridgehead atoms. The zero-order chi connectivity index (χ0) is 12.3. The Morgan fingerprint density at radius 1 is 1.29 bits per heavy atom. The van der Waals surface area contributed by atoms with Crippen molar-refractivity contribution in [3.8, 4) is 5.75 Å². The molecule has 1 aliphatic heterocycles. The van der Waals surface area contributed by atoms with Gasteiger partial charge in [0.1, 0.15) is 5.75 Å². The molecular weight excluding hydrogens is 214 g/mol. The molecule has 1 aliphatic rings. The Bertz CT molecular complexity index is 395. The molecule has 3 heteroatoms. The Labute approximate surface area is 102 Å². The summed E-state index contributed by atoms with van der Waals surface area (Å²) in [6, 6.07) is 7.43. The molecule has 1 heterocycles. The van der Waals surface area contributed by atoms with Gasteiger partial charge in [0.2, 0.25) is 0 Å². The molecule has 1 amide bonds. The maximum absolute atomic E-state index is 12.3. The number of piperidine rings is 1. The molecule has 0 spiro atoms. The van der Waals surface area contributed by atoms with E-state index in [1.165, 1.54) is 0 Å². The second-order valence-corrected chi connectivity index (χ2v) is 4.68. The number of amides is 1. The third-order valence-electron chi connectivity index (χ3n) is 3.41. The van der Waals surface area contributed by atoms with Crippen molar-refractivity contribution in [1.82, 2.24) is 4.90 Å². The van der Waals surface area contributed by atoms with E-state index in [4.69, 9.17) is 4.74 Å². The Kier molecular flexibility index (Phi) is 3.67. The molecule has 0 N–H and O–H groups in total. The zero-order valence-electron chi connectivity index (χ0n) is 10.5. The predicted octanol–water partition coefficient (Wildman–Crippen LogP) is 2.57. The Morgan fingerprint density at radius 2 is 1.94 bits per heavy atom. The molecule has 1 saturated heterocycles. The quantitative estimate of drug-likeness (QED) is 0.785. The number of hydrogen-bond acceptors (Lipinski definition) is 2. The first-order chi connectivity index (χ1) is 8.22. The molecule has 3 nitrogen and oxygen atoms in total. The van der Waals surface area contributed by atoms with Crippen molar-refractivity contribution < 1.29 is 9.53 Å². The van der Waals surface area contributed by atoms with Gasteiger partial charge in [-0.1, -0.05) is 19.1 Å². The van der Waals surface area contributed by atoms with Crippen LogP contribution in [0.5, 0.6) is 5.75 Å². The van der Waals surface area contributed by atoms with Crippen LogP contribution in [0.3, 0.4) is 0 Å². The average Bonchev–Trinajstić information content (AvgIpc) is 2.39. The highest BCUT2D eigenvalue weighted by atomic mass is 16.5. The number of nitrogens with zero attached hydrogens (tertiary/aromatic N) is 1. The molecule has 17 heavy (non-hydrogen) atoms. The number of carbonyl (C=O) groups is 1. The maximum Gasteiger partial charge on any atom is 0.257 e. The van der Waals surface area contributed by atoms with Gasteiger partial charge in [-0.25, -0.2) is 0 Å². The van der Waals surface area contributed by atoms with Crippen molar-refractivity contribution >= 4 is 5.91 Å². The topological polar surface area (TPSA) is 29.5 Å². The Morgan fingerprint density at radius 3 is 2.59 bits per heavy atom. The SMILES string of the molecule is COc1ccccc1C(=O)N1CCC(C)CC1. The summed E-state index contributed by atoms with van der Waals surface area (Å²) in [5, 5.41) is 0. The van der Waals surface area contributed by atoms with E-state index < -0.39 is 0 Å². The lowest BCUT2D eigenvalue weighted by molar-refractivity contribution is 0.0694. The molecular formula is C14H19NO2. The van der Waals surface area contributed by atoms with Gasteiger partial charge in [-0.05, 0) is 30.9 Å². The zero-order valence-corrected chi connectivity index (χ0v) is 10.5. The number of benzene rings is 1. The predicted molar refractivity (Wildman–Crippen MR) is 67.3 cm³/mol. The van der Waals surface area contributed by atoms with E-state index in [0.29, 0.717) is 11.3 Å². The number of carbonyl (C=O) groups excluding carboxylic acids is 1. The fraction of sp³-hybridized carbons (Fsp3) is 0.500. The van der Waals surface area contributed by atoms with Crippen molar-refractivity contribution in [2.24, 2.45) is 5.92 Å². The van der Waals surface area contributed by atoms with Crippen LogP contribution >= 0.6 is 0 Å². The van der Waals surface area contributed by atoms with Gasteiger partial charge in [-0.3, -0.25) is 4.79 Å². The molecule has 2 rings (SSSR count). The van der Waals surface area contributed by atoms with E-state index in [-0.39, 0.29) is 5.91 Å². The number of likely N-dealkylation sites (tertiary alicyclic amines) is 1. The van der Waals surface area contributed by atoms with Crippen LogP contribution in [0.2, 0.25) is 0 Å². The van der Waals surface area contributed by atoms with Crippen LogP contribution in [-0.2, 0) is 0 Å². The lowest BCUT2D eigenvalue weighted by Crippen LogP contribution is -2.38. The minimum atomic E-state index is 0.0920. The van der Waals surface area contributed by atoms with E-state index in [2.05, 4.69) is 6.92 Å². The van der Waals surface area contributed by atoms with Crippen LogP contribution in [0.15, 0.2) is 24.3 Å². The van der Waals surface area contributed by atoms with E-state index in [0.717, 1.165) is 31.8 Å². The minimum Gasteiger partial charge on any atom is -0.496 e. The van der Waals surface area contributed by atoms with Gasteiger partial charge in [-0.2, -0.15) is 0 Å². The molecule has 0 unspecified atom stereocenters. The van der Waals surface area contributed by atoms with Gasteiger partial charge in [-0.15, -0.1) is 0 Å². The summed E-state index contributed by atoms with van der Waals surface area (Å²) >= 11 is 0. The molecule has 92 valence electrons. The minimum absolute atomic E-state index is 0.0920. The second kappa shape index (κ2) is 5.21. The van der Waals surface area contributed by atoms with Crippen molar-refractivity contribution in [2.75, 3.05) is 20.2 Å². The largest absolute Gasteiger partial charge is 0.496 e. The summed E-state index contributed by atoms with van der Waals surface area (Å²) in [5.74, 6) is 1.49. The maximum atomic E-state index is 12.3. The highest BCUT2D eigenvalue weighted by Gasteiger charge is 2.23.